The highest BCUT2D eigenvalue weighted by atomic mass is 15.3. The Balaban J connectivity index is 1.50. The van der Waals surface area contributed by atoms with E-state index >= 15 is 0 Å². The third kappa shape index (κ3) is 2.28. The van der Waals surface area contributed by atoms with Crippen LogP contribution in [0.4, 0.5) is 11.5 Å². The minimum absolute atomic E-state index is 0.902. The Morgan fingerprint density at radius 2 is 1.68 bits per heavy atom. The summed E-state index contributed by atoms with van der Waals surface area (Å²) in [6.45, 7) is 6.21. The lowest BCUT2D eigenvalue weighted by molar-refractivity contribution is 0.646. The molecule has 0 N–H and O–H groups in total. The summed E-state index contributed by atoms with van der Waals surface area (Å²) in [5, 5.41) is 4.19. The third-order valence-electron chi connectivity index (χ3n) is 4.30. The number of rotatable bonds is 2. The maximum absolute atomic E-state index is 4.68. The number of piperazine rings is 1. The Labute approximate surface area is 129 Å². The predicted octanol–water partition coefficient (Wildman–Crippen LogP) is 2.36. The summed E-state index contributed by atoms with van der Waals surface area (Å²) in [5.74, 6) is 1.04. The highest BCUT2D eigenvalue weighted by Gasteiger charge is 2.19. The number of nitrogens with zero attached hydrogens (tertiary/aromatic N) is 5. The van der Waals surface area contributed by atoms with Gasteiger partial charge in [0.25, 0.3) is 0 Å². The maximum Gasteiger partial charge on any atom is 0.157 e. The summed E-state index contributed by atoms with van der Waals surface area (Å²) in [4.78, 5) is 9.49. The molecule has 0 unspecified atom stereocenters. The quantitative estimate of drug-likeness (QED) is 0.727. The molecule has 5 nitrogen and oxygen atoms in total. The minimum Gasteiger partial charge on any atom is -0.368 e. The first-order chi connectivity index (χ1) is 10.8. The molecule has 0 saturated carbocycles. The van der Waals surface area contributed by atoms with E-state index in [1.165, 1.54) is 11.3 Å². The van der Waals surface area contributed by atoms with Gasteiger partial charge in [-0.05, 0) is 24.6 Å². The van der Waals surface area contributed by atoms with Gasteiger partial charge in [0.2, 0.25) is 0 Å². The topological polar surface area (TPSA) is 36.7 Å². The maximum atomic E-state index is 4.68. The van der Waals surface area contributed by atoms with Crippen LogP contribution < -0.4 is 9.80 Å². The average Bonchev–Trinajstić information content (AvgIpc) is 3.03. The summed E-state index contributed by atoms with van der Waals surface area (Å²) in [5.41, 5.74) is 3.59. The number of aryl methyl sites for hydroxylation is 1. The fourth-order valence-corrected chi connectivity index (χ4v) is 3.07. The molecule has 1 aliphatic heterocycles. The molecule has 1 aliphatic rings. The number of aromatic nitrogens is 3. The zero-order valence-corrected chi connectivity index (χ0v) is 12.7. The molecule has 0 aliphatic carbocycles. The fourth-order valence-electron chi connectivity index (χ4n) is 3.07. The molecule has 3 aromatic rings. The Hall–Kier alpha value is -2.56. The molecule has 4 rings (SSSR count). The van der Waals surface area contributed by atoms with Crippen molar-refractivity contribution in [3.8, 4) is 0 Å². The third-order valence-corrected chi connectivity index (χ3v) is 4.30. The van der Waals surface area contributed by atoms with Gasteiger partial charge >= 0.3 is 0 Å². The zero-order valence-electron chi connectivity index (χ0n) is 12.7. The van der Waals surface area contributed by atoms with Gasteiger partial charge in [0.15, 0.2) is 5.65 Å². The van der Waals surface area contributed by atoms with Crippen molar-refractivity contribution in [1.82, 2.24) is 14.6 Å². The van der Waals surface area contributed by atoms with Crippen LogP contribution >= 0.6 is 0 Å². The van der Waals surface area contributed by atoms with Gasteiger partial charge in [-0.15, -0.1) is 0 Å². The van der Waals surface area contributed by atoms with E-state index in [1.807, 2.05) is 18.3 Å². The number of para-hydroxylation sites is 1. The van der Waals surface area contributed by atoms with Crippen LogP contribution in [0.3, 0.4) is 0 Å². The van der Waals surface area contributed by atoms with Crippen molar-refractivity contribution >= 4 is 17.2 Å². The molecular weight excluding hydrogens is 274 g/mol. The Kier molecular flexibility index (Phi) is 3.18. The number of fused-ring (bicyclic) bond motifs is 1. The van der Waals surface area contributed by atoms with Crippen LogP contribution in [0, 0.1) is 6.92 Å². The van der Waals surface area contributed by atoms with E-state index in [2.05, 4.69) is 51.1 Å². The van der Waals surface area contributed by atoms with Crippen LogP contribution in [0.5, 0.6) is 0 Å². The zero-order chi connectivity index (χ0) is 14.9. The van der Waals surface area contributed by atoms with Crippen LogP contribution in [0.15, 0.2) is 48.8 Å². The Bertz CT molecular complexity index is 786. The molecule has 0 amide bonds. The molecule has 2 aromatic heterocycles. The van der Waals surface area contributed by atoms with Crippen LogP contribution in [0.1, 0.15) is 5.56 Å². The van der Waals surface area contributed by atoms with E-state index in [0.29, 0.717) is 0 Å². The first-order valence-electron chi connectivity index (χ1n) is 7.67. The van der Waals surface area contributed by atoms with E-state index < -0.39 is 0 Å². The molecule has 1 saturated heterocycles. The van der Waals surface area contributed by atoms with Crippen molar-refractivity contribution in [2.45, 2.75) is 6.92 Å². The largest absolute Gasteiger partial charge is 0.368 e. The van der Waals surface area contributed by atoms with Crippen molar-refractivity contribution in [3.63, 3.8) is 0 Å². The predicted molar refractivity (Wildman–Crippen MR) is 88.6 cm³/mol. The van der Waals surface area contributed by atoms with Crippen molar-refractivity contribution in [3.05, 3.63) is 54.4 Å². The highest BCUT2D eigenvalue weighted by Crippen LogP contribution is 2.22. The van der Waals surface area contributed by atoms with E-state index in [9.17, 15) is 0 Å². The van der Waals surface area contributed by atoms with Gasteiger partial charge in [-0.1, -0.05) is 18.2 Å². The number of hydrogen-bond donors (Lipinski definition) is 0. The second-order valence-electron chi connectivity index (χ2n) is 5.68. The van der Waals surface area contributed by atoms with Crippen molar-refractivity contribution in [2.24, 2.45) is 0 Å². The summed E-state index contributed by atoms with van der Waals surface area (Å²) < 4.78 is 1.80. The fraction of sp³-hybridized carbons (Fsp3) is 0.294. The van der Waals surface area contributed by atoms with Gasteiger partial charge < -0.3 is 9.80 Å². The molecule has 1 fully saturated rings. The van der Waals surface area contributed by atoms with Gasteiger partial charge in [0.05, 0.1) is 6.20 Å². The molecule has 5 heteroatoms. The summed E-state index contributed by atoms with van der Waals surface area (Å²) >= 11 is 0. The highest BCUT2D eigenvalue weighted by molar-refractivity contribution is 5.55. The summed E-state index contributed by atoms with van der Waals surface area (Å²) in [7, 11) is 0. The van der Waals surface area contributed by atoms with Crippen LogP contribution in [-0.2, 0) is 0 Å². The molecule has 0 spiro atoms. The lowest BCUT2D eigenvalue weighted by Gasteiger charge is -2.37. The summed E-state index contributed by atoms with van der Waals surface area (Å²) in [6.07, 6.45) is 3.76. The first-order valence-corrected chi connectivity index (χ1v) is 7.67. The van der Waals surface area contributed by atoms with E-state index in [0.717, 1.165) is 37.6 Å². The van der Waals surface area contributed by atoms with Crippen LogP contribution in [0.25, 0.3) is 5.65 Å². The number of anilines is 2. The van der Waals surface area contributed by atoms with Gasteiger partial charge in [-0.2, -0.15) is 5.10 Å². The van der Waals surface area contributed by atoms with Crippen molar-refractivity contribution in [1.29, 1.82) is 0 Å². The SMILES string of the molecule is Cc1ccccc1N1CCN(c2ccn3nccc3n2)CC1. The molecule has 1 aromatic carbocycles. The molecule has 112 valence electrons. The van der Waals surface area contributed by atoms with Gasteiger partial charge in [-0.3, -0.25) is 0 Å². The molecule has 3 heterocycles. The standard InChI is InChI=1S/C17H19N5/c1-14-4-2-3-5-15(14)20-10-12-21(13-11-20)16-7-9-22-17(19-16)6-8-18-22/h2-9H,10-13H2,1H3. The average molecular weight is 293 g/mol. The lowest BCUT2D eigenvalue weighted by atomic mass is 10.1. The molecule has 0 radical (unpaired) electrons. The number of hydrogen-bond acceptors (Lipinski definition) is 4. The van der Waals surface area contributed by atoms with Crippen LogP contribution in [0.2, 0.25) is 0 Å². The van der Waals surface area contributed by atoms with E-state index in [-0.39, 0.29) is 0 Å². The van der Waals surface area contributed by atoms with Crippen LogP contribution in [-0.4, -0.2) is 40.8 Å². The smallest absolute Gasteiger partial charge is 0.157 e. The Morgan fingerprint density at radius 3 is 2.50 bits per heavy atom. The molecule has 22 heavy (non-hydrogen) atoms. The van der Waals surface area contributed by atoms with Gasteiger partial charge in [0, 0.05) is 44.1 Å². The minimum atomic E-state index is 0.902. The van der Waals surface area contributed by atoms with E-state index in [4.69, 9.17) is 0 Å². The lowest BCUT2D eigenvalue weighted by Crippen LogP contribution is -2.47. The van der Waals surface area contributed by atoms with Gasteiger partial charge in [0.1, 0.15) is 5.82 Å². The molecule has 0 atom stereocenters. The van der Waals surface area contributed by atoms with Crippen molar-refractivity contribution in [2.75, 3.05) is 36.0 Å². The normalized spacial score (nSPS) is 15.5. The molecule has 0 bridgehead atoms. The molecular formula is C17H19N5. The van der Waals surface area contributed by atoms with E-state index in [1.54, 1.807) is 10.7 Å². The second-order valence-corrected chi connectivity index (χ2v) is 5.68. The van der Waals surface area contributed by atoms with Gasteiger partial charge in [-0.25, -0.2) is 9.50 Å². The Morgan fingerprint density at radius 1 is 0.909 bits per heavy atom. The number of benzene rings is 1. The second kappa shape index (κ2) is 5.33. The summed E-state index contributed by atoms with van der Waals surface area (Å²) in [6, 6.07) is 12.6. The van der Waals surface area contributed by atoms with Crippen molar-refractivity contribution < 1.29 is 0 Å². The first kappa shape index (κ1) is 13.1. The monoisotopic (exact) mass is 293 g/mol.